The molecule has 3 amide bonds. The molecule has 7 heteroatoms. The number of carbonyl (C=O) groups excluding carboxylic acids is 3. The molecular weight excluding hydrogens is 394 g/mol. The van der Waals surface area contributed by atoms with Gasteiger partial charge in [-0.05, 0) is 36.1 Å². The second kappa shape index (κ2) is 10.2. The quantitative estimate of drug-likeness (QED) is 0.621. The highest BCUT2D eigenvalue weighted by Crippen LogP contribution is 2.31. The van der Waals surface area contributed by atoms with E-state index >= 15 is 0 Å². The van der Waals surface area contributed by atoms with Gasteiger partial charge in [0.15, 0.2) is 0 Å². The third kappa shape index (κ3) is 5.92. The van der Waals surface area contributed by atoms with Crippen LogP contribution in [0.25, 0.3) is 0 Å². The Kier molecular flexibility index (Phi) is 7.41. The van der Waals surface area contributed by atoms with Gasteiger partial charge in [-0.1, -0.05) is 50.2 Å². The van der Waals surface area contributed by atoms with Crippen molar-refractivity contribution in [3.8, 4) is 0 Å². The summed E-state index contributed by atoms with van der Waals surface area (Å²) in [6.45, 7) is 4.33. The number of aryl methyl sites for hydroxylation is 1. The molecule has 1 unspecified atom stereocenters. The second-order valence-corrected chi connectivity index (χ2v) is 8.10. The molecule has 0 aliphatic carbocycles. The minimum atomic E-state index is -0.819. The molecule has 0 radical (unpaired) electrons. The summed E-state index contributed by atoms with van der Waals surface area (Å²) >= 11 is 0. The molecule has 1 aliphatic heterocycles. The zero-order chi connectivity index (χ0) is 22.4. The molecule has 1 aliphatic rings. The second-order valence-electron chi connectivity index (χ2n) is 8.10. The first-order chi connectivity index (χ1) is 14.8. The lowest BCUT2D eigenvalue weighted by Gasteiger charge is -2.31. The minimum Gasteiger partial charge on any atom is -0.391 e. The third-order valence-electron chi connectivity index (χ3n) is 5.24. The van der Waals surface area contributed by atoms with E-state index in [2.05, 4.69) is 10.6 Å². The summed E-state index contributed by atoms with van der Waals surface area (Å²) in [5.41, 5.74) is 3.23. The number of aliphatic hydroxyl groups is 1. The van der Waals surface area contributed by atoms with E-state index < -0.39 is 17.9 Å². The third-order valence-corrected chi connectivity index (χ3v) is 5.24. The van der Waals surface area contributed by atoms with E-state index in [4.69, 9.17) is 0 Å². The monoisotopic (exact) mass is 423 g/mol. The van der Waals surface area contributed by atoms with Gasteiger partial charge in [0, 0.05) is 36.8 Å². The molecule has 31 heavy (non-hydrogen) atoms. The van der Waals surface area contributed by atoms with Crippen LogP contribution in [0.15, 0.2) is 48.5 Å². The van der Waals surface area contributed by atoms with Gasteiger partial charge < -0.3 is 20.6 Å². The van der Waals surface area contributed by atoms with E-state index in [1.807, 2.05) is 50.2 Å². The molecular formula is C24H29N3O4. The molecule has 0 aromatic heterocycles. The van der Waals surface area contributed by atoms with Crippen LogP contribution in [-0.4, -0.2) is 42.0 Å². The molecule has 1 atom stereocenters. The van der Waals surface area contributed by atoms with Crippen molar-refractivity contribution in [2.24, 2.45) is 5.92 Å². The van der Waals surface area contributed by atoms with Crippen molar-refractivity contribution in [3.05, 3.63) is 59.7 Å². The van der Waals surface area contributed by atoms with Crippen molar-refractivity contribution in [2.75, 3.05) is 23.3 Å². The van der Waals surface area contributed by atoms with Gasteiger partial charge in [0.25, 0.3) is 0 Å². The Hall–Kier alpha value is -3.19. The molecule has 2 aromatic rings. The van der Waals surface area contributed by atoms with Gasteiger partial charge in [-0.3, -0.25) is 14.4 Å². The topological polar surface area (TPSA) is 98.7 Å². The summed E-state index contributed by atoms with van der Waals surface area (Å²) < 4.78 is 0. The first-order valence-electron chi connectivity index (χ1n) is 10.6. The van der Waals surface area contributed by atoms with Crippen LogP contribution in [0.4, 0.5) is 11.4 Å². The number of rotatable bonds is 6. The van der Waals surface area contributed by atoms with Gasteiger partial charge in [-0.15, -0.1) is 0 Å². The SMILES string of the molecule is CC(C)C(=O)N1CCCc2ccc(NC(=O)C(=O)NCC(O)Cc3ccccc3)cc21. The van der Waals surface area contributed by atoms with Crippen LogP contribution in [0.3, 0.4) is 0 Å². The van der Waals surface area contributed by atoms with Crippen LogP contribution in [0.1, 0.15) is 31.4 Å². The Bertz CT molecular complexity index is 943. The Labute approximate surface area is 182 Å². The van der Waals surface area contributed by atoms with Gasteiger partial charge in [-0.25, -0.2) is 0 Å². The maximum absolute atomic E-state index is 12.5. The average molecular weight is 424 g/mol. The van der Waals surface area contributed by atoms with Crippen LogP contribution < -0.4 is 15.5 Å². The Morgan fingerprint density at radius 1 is 1.06 bits per heavy atom. The van der Waals surface area contributed by atoms with Gasteiger partial charge in [-0.2, -0.15) is 0 Å². The molecule has 164 valence electrons. The smallest absolute Gasteiger partial charge is 0.313 e. The maximum Gasteiger partial charge on any atom is 0.313 e. The van der Waals surface area contributed by atoms with Gasteiger partial charge in [0.05, 0.1) is 6.10 Å². The number of fused-ring (bicyclic) bond motifs is 1. The van der Waals surface area contributed by atoms with Crippen LogP contribution in [-0.2, 0) is 27.2 Å². The van der Waals surface area contributed by atoms with Crippen molar-refractivity contribution >= 4 is 29.1 Å². The predicted molar refractivity (Wildman–Crippen MR) is 120 cm³/mol. The number of benzene rings is 2. The van der Waals surface area contributed by atoms with E-state index in [0.29, 0.717) is 18.7 Å². The lowest BCUT2D eigenvalue weighted by atomic mass is 9.99. The summed E-state index contributed by atoms with van der Waals surface area (Å²) in [6, 6.07) is 14.8. The highest BCUT2D eigenvalue weighted by molar-refractivity contribution is 6.39. The molecule has 0 saturated carbocycles. The van der Waals surface area contributed by atoms with Gasteiger partial charge in [0.2, 0.25) is 5.91 Å². The molecule has 3 rings (SSSR count). The highest BCUT2D eigenvalue weighted by atomic mass is 16.3. The van der Waals surface area contributed by atoms with E-state index in [9.17, 15) is 19.5 Å². The fraction of sp³-hybridized carbons (Fsp3) is 0.375. The van der Waals surface area contributed by atoms with Crippen molar-refractivity contribution in [2.45, 2.75) is 39.2 Å². The molecule has 7 nitrogen and oxygen atoms in total. The van der Waals surface area contributed by atoms with Gasteiger partial charge >= 0.3 is 11.8 Å². The number of aliphatic hydroxyl groups excluding tert-OH is 1. The normalized spacial score (nSPS) is 14.0. The van der Waals surface area contributed by atoms with Crippen LogP contribution in [0, 0.1) is 5.92 Å². The lowest BCUT2D eigenvalue weighted by molar-refractivity contribution is -0.136. The van der Waals surface area contributed by atoms with Crippen LogP contribution in [0.5, 0.6) is 0 Å². The van der Waals surface area contributed by atoms with Crippen molar-refractivity contribution in [3.63, 3.8) is 0 Å². The zero-order valence-electron chi connectivity index (χ0n) is 17.9. The minimum absolute atomic E-state index is 0.0258. The fourth-order valence-electron chi connectivity index (χ4n) is 3.63. The fourth-order valence-corrected chi connectivity index (χ4v) is 3.63. The van der Waals surface area contributed by atoms with Crippen LogP contribution in [0.2, 0.25) is 0 Å². The zero-order valence-corrected chi connectivity index (χ0v) is 17.9. The number of carbonyl (C=O) groups is 3. The molecule has 0 fully saturated rings. The number of nitrogens with one attached hydrogen (secondary N) is 2. The summed E-state index contributed by atoms with van der Waals surface area (Å²) in [6.07, 6.45) is 1.35. The number of hydrogen-bond donors (Lipinski definition) is 3. The first-order valence-corrected chi connectivity index (χ1v) is 10.6. The van der Waals surface area contributed by atoms with Crippen molar-refractivity contribution in [1.29, 1.82) is 0 Å². The average Bonchev–Trinajstić information content (AvgIpc) is 2.77. The Balaban J connectivity index is 1.58. The molecule has 0 spiro atoms. The molecule has 2 aromatic carbocycles. The number of hydrogen-bond acceptors (Lipinski definition) is 4. The van der Waals surface area contributed by atoms with Crippen LogP contribution >= 0.6 is 0 Å². The van der Waals surface area contributed by atoms with E-state index in [1.54, 1.807) is 17.0 Å². The Morgan fingerprint density at radius 2 is 1.81 bits per heavy atom. The number of anilines is 2. The van der Waals surface area contributed by atoms with Crippen molar-refractivity contribution < 1.29 is 19.5 Å². The Morgan fingerprint density at radius 3 is 2.52 bits per heavy atom. The summed E-state index contributed by atoms with van der Waals surface area (Å²) in [4.78, 5) is 38.7. The summed E-state index contributed by atoms with van der Waals surface area (Å²) in [5, 5.41) is 15.1. The lowest BCUT2D eigenvalue weighted by Crippen LogP contribution is -2.40. The summed E-state index contributed by atoms with van der Waals surface area (Å²) in [7, 11) is 0. The number of amides is 3. The van der Waals surface area contributed by atoms with Gasteiger partial charge in [0.1, 0.15) is 0 Å². The molecule has 0 bridgehead atoms. The molecule has 0 saturated heterocycles. The van der Waals surface area contributed by atoms with E-state index in [1.165, 1.54) is 0 Å². The highest BCUT2D eigenvalue weighted by Gasteiger charge is 2.25. The van der Waals surface area contributed by atoms with E-state index in [-0.39, 0.29) is 18.4 Å². The van der Waals surface area contributed by atoms with Crippen molar-refractivity contribution in [1.82, 2.24) is 5.32 Å². The maximum atomic E-state index is 12.5. The molecule has 3 N–H and O–H groups in total. The first kappa shape index (κ1) is 22.5. The number of nitrogens with zero attached hydrogens (tertiary/aromatic N) is 1. The largest absolute Gasteiger partial charge is 0.391 e. The van der Waals surface area contributed by atoms with E-state index in [0.717, 1.165) is 29.7 Å². The summed E-state index contributed by atoms with van der Waals surface area (Å²) in [5.74, 6) is -1.73. The molecule has 1 heterocycles. The predicted octanol–water partition coefficient (Wildman–Crippen LogP) is 2.28. The standard InChI is InChI=1S/C24H29N3O4/c1-16(2)24(31)27-12-6-9-18-10-11-19(14-21(18)27)26-23(30)22(29)25-15-20(28)13-17-7-4-3-5-8-17/h3-5,7-8,10-11,14,16,20,28H,6,9,12-13,15H2,1-2H3,(H,25,29)(H,26,30).